The quantitative estimate of drug-likeness (QED) is 0.732. The fourth-order valence-electron chi connectivity index (χ4n) is 1.53. The van der Waals surface area contributed by atoms with Crippen LogP contribution in [-0.4, -0.2) is 12.8 Å². The molecule has 0 aliphatic rings. The van der Waals surface area contributed by atoms with Crippen molar-refractivity contribution in [1.29, 1.82) is 0 Å². The van der Waals surface area contributed by atoms with Gasteiger partial charge in [0.25, 0.3) is 0 Å². The molecular formula is C13H13BrClNS2. The number of hydrogen-bond donors (Lipinski definition) is 1. The van der Waals surface area contributed by atoms with E-state index in [1.165, 1.54) is 9.77 Å². The van der Waals surface area contributed by atoms with Gasteiger partial charge in [0.1, 0.15) is 0 Å². The zero-order valence-electron chi connectivity index (χ0n) is 9.82. The summed E-state index contributed by atoms with van der Waals surface area (Å²) in [5.74, 6) is 0.995. The van der Waals surface area contributed by atoms with Crippen LogP contribution in [0.25, 0.3) is 0 Å². The molecule has 1 heterocycles. The maximum absolute atomic E-state index is 5.97. The highest BCUT2D eigenvalue weighted by Gasteiger charge is 2.12. The first kappa shape index (κ1) is 14.4. The highest BCUT2D eigenvalue weighted by Crippen LogP contribution is 2.31. The van der Waals surface area contributed by atoms with Crippen molar-refractivity contribution in [2.24, 2.45) is 0 Å². The van der Waals surface area contributed by atoms with E-state index in [4.69, 9.17) is 11.6 Å². The normalized spacial score (nSPS) is 12.6. The second-order valence-electron chi connectivity index (χ2n) is 3.75. The van der Waals surface area contributed by atoms with Gasteiger partial charge in [-0.2, -0.15) is 0 Å². The van der Waals surface area contributed by atoms with Gasteiger partial charge in [0.05, 0.1) is 10.4 Å². The van der Waals surface area contributed by atoms with Crippen molar-refractivity contribution in [3.8, 4) is 0 Å². The lowest BCUT2D eigenvalue weighted by molar-refractivity contribution is 0.673. The van der Waals surface area contributed by atoms with Crippen molar-refractivity contribution in [3.05, 3.63) is 50.1 Å². The molecule has 2 rings (SSSR count). The molecule has 1 aromatic heterocycles. The summed E-state index contributed by atoms with van der Waals surface area (Å²) in [6.45, 7) is 0. The fraction of sp³-hybridized carbons (Fsp3) is 0.231. The summed E-state index contributed by atoms with van der Waals surface area (Å²) < 4.78 is 1.96. The van der Waals surface area contributed by atoms with Gasteiger partial charge in [0.2, 0.25) is 0 Å². The highest BCUT2D eigenvalue weighted by molar-refractivity contribution is 9.10. The Bertz CT molecular complexity index is 498. The second kappa shape index (κ2) is 6.96. The third kappa shape index (κ3) is 4.00. The number of rotatable bonds is 5. The molecular weight excluding hydrogens is 350 g/mol. The summed E-state index contributed by atoms with van der Waals surface area (Å²) in [5, 5.41) is 3.33. The molecule has 0 aliphatic heterocycles. The van der Waals surface area contributed by atoms with Crippen LogP contribution in [0.3, 0.4) is 0 Å². The smallest absolute Gasteiger partial charge is 0.0931 e. The first-order valence-corrected chi connectivity index (χ1v) is 8.47. The van der Waals surface area contributed by atoms with E-state index in [2.05, 4.69) is 51.6 Å². The predicted octanol–water partition coefficient (Wildman–Crippen LogP) is 5.22. The molecule has 1 atom stereocenters. The Morgan fingerprint density at radius 2 is 2.00 bits per heavy atom. The van der Waals surface area contributed by atoms with Gasteiger partial charge >= 0.3 is 0 Å². The fourth-order valence-corrected chi connectivity index (χ4v) is 4.11. The third-order valence-corrected chi connectivity index (χ3v) is 5.50. The molecule has 0 bridgehead atoms. The van der Waals surface area contributed by atoms with Crippen LogP contribution in [0.2, 0.25) is 4.34 Å². The van der Waals surface area contributed by atoms with E-state index < -0.39 is 0 Å². The van der Waals surface area contributed by atoms with Gasteiger partial charge < -0.3 is 5.32 Å². The molecule has 0 radical (unpaired) electrons. The molecule has 5 heteroatoms. The summed E-state index contributed by atoms with van der Waals surface area (Å²) >= 11 is 12.9. The van der Waals surface area contributed by atoms with Crippen LogP contribution in [0.15, 0.2) is 45.8 Å². The molecule has 1 N–H and O–H groups in total. The Balaban J connectivity index is 1.97. The van der Waals surface area contributed by atoms with E-state index in [1.54, 1.807) is 11.3 Å². The Morgan fingerprint density at radius 3 is 2.56 bits per heavy atom. The molecule has 1 nitrogen and oxygen atoms in total. The molecule has 96 valence electrons. The van der Waals surface area contributed by atoms with E-state index in [0.717, 1.165) is 14.6 Å². The molecule has 0 saturated carbocycles. The molecule has 18 heavy (non-hydrogen) atoms. The highest BCUT2D eigenvalue weighted by atomic mass is 79.9. The number of benzene rings is 1. The Hall–Kier alpha value is -0.0000000000000000278. The van der Waals surface area contributed by atoms with Crippen molar-refractivity contribution < 1.29 is 0 Å². The van der Waals surface area contributed by atoms with E-state index in [0.29, 0.717) is 6.04 Å². The van der Waals surface area contributed by atoms with Gasteiger partial charge in [-0.15, -0.1) is 23.1 Å². The summed E-state index contributed by atoms with van der Waals surface area (Å²) in [5.41, 5.74) is 0. The van der Waals surface area contributed by atoms with E-state index in [-0.39, 0.29) is 0 Å². The summed E-state index contributed by atoms with van der Waals surface area (Å²) in [4.78, 5) is 2.56. The molecule has 0 spiro atoms. The van der Waals surface area contributed by atoms with Crippen LogP contribution in [-0.2, 0) is 0 Å². The Morgan fingerprint density at radius 1 is 1.28 bits per heavy atom. The number of hydrogen-bond acceptors (Lipinski definition) is 3. The van der Waals surface area contributed by atoms with Crippen LogP contribution in [0, 0.1) is 0 Å². The second-order valence-corrected chi connectivity index (χ2v) is 7.50. The lowest BCUT2D eigenvalue weighted by Gasteiger charge is -2.13. The van der Waals surface area contributed by atoms with Crippen molar-refractivity contribution in [1.82, 2.24) is 5.32 Å². The Labute approximate surface area is 129 Å². The van der Waals surface area contributed by atoms with E-state index in [9.17, 15) is 0 Å². The minimum atomic E-state index is 0.344. The third-order valence-electron chi connectivity index (χ3n) is 2.52. The Kier molecular flexibility index (Phi) is 5.57. The maximum atomic E-state index is 5.97. The maximum Gasteiger partial charge on any atom is 0.0931 e. The summed E-state index contributed by atoms with van der Waals surface area (Å²) in [6.07, 6.45) is 0. The van der Waals surface area contributed by atoms with Gasteiger partial charge in [0.15, 0.2) is 0 Å². The number of thiophene rings is 1. The van der Waals surface area contributed by atoms with Crippen LogP contribution in [0.1, 0.15) is 10.9 Å². The van der Waals surface area contributed by atoms with Crippen LogP contribution >= 0.6 is 50.6 Å². The van der Waals surface area contributed by atoms with Crippen molar-refractivity contribution >= 4 is 50.6 Å². The minimum absolute atomic E-state index is 0.344. The van der Waals surface area contributed by atoms with Crippen molar-refractivity contribution in [3.63, 3.8) is 0 Å². The van der Waals surface area contributed by atoms with Gasteiger partial charge in [0, 0.05) is 20.0 Å². The molecule has 0 amide bonds. The zero-order chi connectivity index (χ0) is 13.0. The van der Waals surface area contributed by atoms with Crippen molar-refractivity contribution in [2.75, 3.05) is 12.8 Å². The molecule has 0 saturated heterocycles. The lowest BCUT2D eigenvalue weighted by Crippen LogP contribution is -2.17. The lowest BCUT2D eigenvalue weighted by atomic mass is 10.3. The number of thioether (sulfide) groups is 1. The first-order chi connectivity index (χ1) is 8.69. The van der Waals surface area contributed by atoms with Gasteiger partial charge in [-0.05, 0) is 43.4 Å². The zero-order valence-corrected chi connectivity index (χ0v) is 13.8. The van der Waals surface area contributed by atoms with Gasteiger partial charge in [-0.3, -0.25) is 0 Å². The minimum Gasteiger partial charge on any atom is -0.312 e. The monoisotopic (exact) mass is 361 g/mol. The standard InChI is InChI=1S/C13H13BrClNS2/c1-16-11(12-6-7-13(15)18-12)8-17-10-4-2-9(14)3-5-10/h2-7,11,16H,8H2,1H3. The molecule has 1 aromatic carbocycles. The number of halogens is 2. The average molecular weight is 363 g/mol. The molecule has 0 fully saturated rings. The first-order valence-electron chi connectivity index (χ1n) is 5.50. The predicted molar refractivity (Wildman–Crippen MR) is 86.0 cm³/mol. The molecule has 1 unspecified atom stereocenters. The van der Waals surface area contributed by atoms with Gasteiger partial charge in [-0.25, -0.2) is 0 Å². The van der Waals surface area contributed by atoms with Crippen LogP contribution in [0.4, 0.5) is 0 Å². The topological polar surface area (TPSA) is 12.0 Å². The molecule has 2 aromatic rings. The largest absolute Gasteiger partial charge is 0.312 e. The average Bonchev–Trinajstić information content (AvgIpc) is 2.79. The van der Waals surface area contributed by atoms with E-state index >= 15 is 0 Å². The summed E-state index contributed by atoms with van der Waals surface area (Å²) in [6, 6.07) is 12.8. The summed E-state index contributed by atoms with van der Waals surface area (Å²) in [7, 11) is 1.99. The van der Waals surface area contributed by atoms with Crippen molar-refractivity contribution in [2.45, 2.75) is 10.9 Å². The van der Waals surface area contributed by atoms with E-state index in [1.807, 2.05) is 24.9 Å². The van der Waals surface area contributed by atoms with Gasteiger partial charge in [-0.1, -0.05) is 27.5 Å². The molecule has 0 aliphatic carbocycles. The SMILES string of the molecule is CNC(CSc1ccc(Br)cc1)c1ccc(Cl)s1. The van der Waals surface area contributed by atoms with Crippen LogP contribution in [0.5, 0.6) is 0 Å². The van der Waals surface area contributed by atoms with Crippen LogP contribution < -0.4 is 5.32 Å². The number of nitrogens with one attached hydrogen (secondary N) is 1.